The van der Waals surface area contributed by atoms with Crippen molar-refractivity contribution in [1.82, 2.24) is 9.80 Å². The van der Waals surface area contributed by atoms with Crippen LogP contribution >= 0.6 is 0 Å². The fourth-order valence-electron chi connectivity index (χ4n) is 3.35. The van der Waals surface area contributed by atoms with E-state index in [-0.39, 0.29) is 6.04 Å². The number of aryl methyl sites for hydroxylation is 1. The van der Waals surface area contributed by atoms with Crippen LogP contribution in [0, 0.1) is 6.92 Å². The van der Waals surface area contributed by atoms with Crippen molar-refractivity contribution in [3.05, 3.63) is 34.9 Å². The van der Waals surface area contributed by atoms with Crippen LogP contribution in [0.1, 0.15) is 22.8 Å². The van der Waals surface area contributed by atoms with Gasteiger partial charge in [-0.25, -0.2) is 0 Å². The number of aliphatic hydroxyl groups excluding tert-OH is 1. The lowest BCUT2D eigenvalue weighted by molar-refractivity contribution is -0.137. The van der Waals surface area contributed by atoms with Crippen LogP contribution in [0.5, 0.6) is 0 Å². The Labute approximate surface area is 122 Å². The number of hydrogen-bond acceptors (Lipinski definition) is 3. The Morgan fingerprint density at radius 2 is 1.86 bits per heavy atom. The van der Waals surface area contributed by atoms with E-state index in [1.807, 2.05) is 0 Å². The van der Waals surface area contributed by atoms with Crippen molar-refractivity contribution >= 4 is 0 Å². The topological polar surface area (TPSA) is 26.7 Å². The Bertz CT molecular complexity index is 524. The zero-order valence-electron chi connectivity index (χ0n) is 11.9. The van der Waals surface area contributed by atoms with Gasteiger partial charge in [0.25, 0.3) is 0 Å². The highest BCUT2D eigenvalue weighted by molar-refractivity contribution is 5.34. The molecule has 3 nitrogen and oxygen atoms in total. The van der Waals surface area contributed by atoms with Crippen LogP contribution in [0.2, 0.25) is 0 Å². The van der Waals surface area contributed by atoms with E-state index in [0.717, 1.165) is 44.9 Å². The number of piperazine rings is 3. The normalized spacial score (nSPS) is 30.4. The Hall–Kier alpha value is -1.11. The van der Waals surface area contributed by atoms with E-state index in [9.17, 15) is 18.3 Å². The van der Waals surface area contributed by atoms with Gasteiger partial charge < -0.3 is 5.11 Å². The Morgan fingerprint density at radius 3 is 2.33 bits per heavy atom. The molecule has 3 fully saturated rings. The zero-order valence-corrected chi connectivity index (χ0v) is 11.9. The van der Waals surface area contributed by atoms with Crippen molar-refractivity contribution < 1.29 is 18.3 Å². The molecule has 3 aliphatic rings. The third-order valence-electron chi connectivity index (χ3n) is 4.60. The number of aliphatic hydroxyl groups is 1. The first-order valence-corrected chi connectivity index (χ1v) is 7.18. The van der Waals surface area contributed by atoms with Crippen LogP contribution < -0.4 is 0 Å². The summed E-state index contributed by atoms with van der Waals surface area (Å²) in [4.78, 5) is 4.54. The van der Waals surface area contributed by atoms with Crippen molar-refractivity contribution in [1.29, 1.82) is 0 Å². The van der Waals surface area contributed by atoms with E-state index in [4.69, 9.17) is 0 Å². The maximum atomic E-state index is 12.7. The summed E-state index contributed by atoms with van der Waals surface area (Å²) in [5, 5.41) is 10.6. The van der Waals surface area contributed by atoms with Gasteiger partial charge in [-0.3, -0.25) is 9.80 Å². The van der Waals surface area contributed by atoms with Gasteiger partial charge in [0.05, 0.1) is 17.7 Å². The lowest BCUT2D eigenvalue weighted by Crippen LogP contribution is -2.62. The van der Waals surface area contributed by atoms with E-state index in [2.05, 4.69) is 9.80 Å². The quantitative estimate of drug-likeness (QED) is 0.905. The van der Waals surface area contributed by atoms with Crippen molar-refractivity contribution in [3.8, 4) is 0 Å². The second kappa shape index (κ2) is 5.26. The minimum absolute atomic E-state index is 0.0251. The lowest BCUT2D eigenvalue weighted by atomic mass is 9.92. The van der Waals surface area contributed by atoms with Crippen molar-refractivity contribution in [2.24, 2.45) is 0 Å². The van der Waals surface area contributed by atoms with Gasteiger partial charge in [-0.05, 0) is 30.2 Å². The minimum atomic E-state index is -4.34. The molecule has 6 heteroatoms. The van der Waals surface area contributed by atoms with Gasteiger partial charge in [0.1, 0.15) is 0 Å². The molecule has 0 aromatic heterocycles. The van der Waals surface area contributed by atoms with Gasteiger partial charge in [-0.1, -0.05) is 6.07 Å². The summed E-state index contributed by atoms with van der Waals surface area (Å²) in [5.41, 5.74) is 0.432. The summed E-state index contributed by atoms with van der Waals surface area (Å²) in [7, 11) is 0. The molecule has 0 spiro atoms. The van der Waals surface area contributed by atoms with Crippen LogP contribution in [-0.2, 0) is 6.18 Å². The van der Waals surface area contributed by atoms with Gasteiger partial charge in [-0.15, -0.1) is 0 Å². The average Bonchev–Trinajstić information content (AvgIpc) is 2.46. The number of halogens is 3. The molecule has 0 aliphatic carbocycles. The molecule has 0 amide bonds. The molecule has 1 aromatic carbocycles. The molecule has 1 N–H and O–H groups in total. The number of nitrogens with zero attached hydrogens (tertiary/aromatic N) is 2. The van der Waals surface area contributed by atoms with E-state index in [0.29, 0.717) is 11.1 Å². The molecule has 2 atom stereocenters. The van der Waals surface area contributed by atoms with E-state index >= 15 is 0 Å². The first-order valence-electron chi connectivity index (χ1n) is 7.18. The zero-order chi connectivity index (χ0) is 15.2. The van der Waals surface area contributed by atoms with Gasteiger partial charge in [0.15, 0.2) is 0 Å². The van der Waals surface area contributed by atoms with Crippen LogP contribution in [-0.4, -0.2) is 53.7 Å². The number of fused-ring (bicyclic) bond motifs is 3. The average molecular weight is 300 g/mol. The van der Waals surface area contributed by atoms with E-state index in [1.165, 1.54) is 6.07 Å². The molecule has 3 heterocycles. The molecule has 0 saturated carbocycles. The Morgan fingerprint density at radius 1 is 1.19 bits per heavy atom. The summed E-state index contributed by atoms with van der Waals surface area (Å²) < 4.78 is 38.1. The first-order chi connectivity index (χ1) is 9.86. The summed E-state index contributed by atoms with van der Waals surface area (Å²) in [6.07, 6.45) is -5.08. The van der Waals surface area contributed by atoms with Gasteiger partial charge in [0, 0.05) is 32.7 Å². The largest absolute Gasteiger partial charge is 0.416 e. The maximum absolute atomic E-state index is 12.7. The Balaban J connectivity index is 1.83. The molecule has 2 unspecified atom stereocenters. The van der Waals surface area contributed by atoms with Crippen molar-refractivity contribution in [2.45, 2.75) is 25.2 Å². The van der Waals surface area contributed by atoms with Gasteiger partial charge >= 0.3 is 6.18 Å². The van der Waals surface area contributed by atoms with Crippen LogP contribution in [0.4, 0.5) is 13.2 Å². The highest BCUT2D eigenvalue weighted by Crippen LogP contribution is 2.34. The van der Waals surface area contributed by atoms with Crippen molar-refractivity contribution in [3.63, 3.8) is 0 Å². The number of benzene rings is 1. The molecular formula is C15H19F3N2O. The number of rotatable bonds is 2. The second-order valence-corrected chi connectivity index (χ2v) is 5.92. The predicted molar refractivity (Wildman–Crippen MR) is 72.9 cm³/mol. The molecule has 3 saturated heterocycles. The third kappa shape index (κ3) is 2.80. The van der Waals surface area contributed by atoms with Crippen molar-refractivity contribution in [2.75, 3.05) is 32.7 Å². The highest BCUT2D eigenvalue weighted by Gasteiger charge is 2.37. The van der Waals surface area contributed by atoms with E-state index < -0.39 is 17.8 Å². The summed E-state index contributed by atoms with van der Waals surface area (Å²) in [6.45, 7) is 6.26. The third-order valence-corrected chi connectivity index (χ3v) is 4.60. The Kier molecular flexibility index (Phi) is 3.71. The molecule has 2 bridgehead atoms. The molecule has 4 rings (SSSR count). The van der Waals surface area contributed by atoms with Gasteiger partial charge in [0.2, 0.25) is 0 Å². The van der Waals surface area contributed by atoms with Crippen LogP contribution in [0.3, 0.4) is 0 Å². The summed E-state index contributed by atoms with van der Waals surface area (Å²) in [6, 6.07) is 3.57. The lowest BCUT2D eigenvalue weighted by Gasteiger charge is -2.49. The van der Waals surface area contributed by atoms with Crippen LogP contribution in [0.15, 0.2) is 18.2 Å². The van der Waals surface area contributed by atoms with Crippen LogP contribution in [0.25, 0.3) is 0 Å². The summed E-state index contributed by atoms with van der Waals surface area (Å²) >= 11 is 0. The minimum Gasteiger partial charge on any atom is -0.387 e. The highest BCUT2D eigenvalue weighted by atomic mass is 19.4. The molecular weight excluding hydrogens is 281 g/mol. The van der Waals surface area contributed by atoms with Gasteiger partial charge in [-0.2, -0.15) is 13.2 Å². The molecule has 116 valence electrons. The fourth-order valence-corrected chi connectivity index (χ4v) is 3.35. The second-order valence-electron chi connectivity index (χ2n) is 5.92. The standard InChI is InChI=1S/C15H19F3N2O/c1-10-8-11(15(16,17)18)2-3-12(10)14(21)13-9-19-4-6-20(13)7-5-19/h2-3,8,13-14,21H,4-7,9H2,1H3. The summed E-state index contributed by atoms with van der Waals surface area (Å²) in [5.74, 6) is 0. The monoisotopic (exact) mass is 300 g/mol. The molecule has 21 heavy (non-hydrogen) atoms. The first kappa shape index (κ1) is 14.8. The molecule has 3 aliphatic heterocycles. The number of hydrogen-bond donors (Lipinski definition) is 1. The fraction of sp³-hybridized carbons (Fsp3) is 0.600. The smallest absolute Gasteiger partial charge is 0.387 e. The predicted octanol–water partition coefficient (Wildman–Crippen LogP) is 2.05. The molecule has 1 aromatic rings. The maximum Gasteiger partial charge on any atom is 0.416 e. The molecule has 0 radical (unpaired) electrons. The van der Waals surface area contributed by atoms with E-state index in [1.54, 1.807) is 6.92 Å². The number of alkyl halides is 3. The SMILES string of the molecule is Cc1cc(C(F)(F)F)ccc1C(O)C1CN2CCN1CC2.